The Bertz CT molecular complexity index is 650. The first-order chi connectivity index (χ1) is 10.0. The van der Waals surface area contributed by atoms with Gasteiger partial charge in [0.15, 0.2) is 17.3 Å². The van der Waals surface area contributed by atoms with E-state index in [0.29, 0.717) is 18.1 Å². The molecule has 0 radical (unpaired) electrons. The quantitative estimate of drug-likeness (QED) is 0.650. The van der Waals surface area contributed by atoms with Crippen molar-refractivity contribution >= 4 is 37.5 Å². The number of nitrogens with two attached hydrogens (primary N) is 1. The molecule has 0 unspecified atom stereocenters. The number of anilines is 1. The molecule has 2 rings (SSSR count). The molecule has 21 heavy (non-hydrogen) atoms. The normalized spacial score (nSPS) is 10.5. The molecule has 0 spiro atoms. The predicted octanol–water partition coefficient (Wildman–Crippen LogP) is 5.51. The molecule has 112 valence electrons. The summed E-state index contributed by atoms with van der Waals surface area (Å²) in [5.74, 6) is 0.570. The minimum absolute atomic E-state index is 0.134. The van der Waals surface area contributed by atoms with Crippen molar-refractivity contribution in [2.45, 2.75) is 13.3 Å². The number of hydrogen-bond acceptors (Lipinski definition) is 3. The second-order valence-corrected chi connectivity index (χ2v) is 6.12. The fourth-order valence-corrected chi connectivity index (χ4v) is 2.77. The average Bonchev–Trinajstić information content (AvgIpc) is 2.43. The van der Waals surface area contributed by atoms with Crippen LogP contribution in [0.25, 0.3) is 0 Å². The van der Waals surface area contributed by atoms with Gasteiger partial charge in [-0.1, -0.05) is 22.9 Å². The van der Waals surface area contributed by atoms with Crippen molar-refractivity contribution < 1.29 is 13.9 Å². The van der Waals surface area contributed by atoms with Crippen molar-refractivity contribution in [1.29, 1.82) is 0 Å². The van der Waals surface area contributed by atoms with Crippen LogP contribution in [0.4, 0.5) is 10.1 Å². The van der Waals surface area contributed by atoms with Gasteiger partial charge in [-0.2, -0.15) is 0 Å². The zero-order chi connectivity index (χ0) is 15.4. The van der Waals surface area contributed by atoms with E-state index in [4.69, 9.17) is 15.2 Å². The summed E-state index contributed by atoms with van der Waals surface area (Å²) in [6.07, 6.45) is 0.790. The van der Waals surface area contributed by atoms with E-state index in [1.807, 2.05) is 19.1 Å². The summed E-state index contributed by atoms with van der Waals surface area (Å²) >= 11 is 6.77. The number of hydrogen-bond donors (Lipinski definition) is 1. The summed E-state index contributed by atoms with van der Waals surface area (Å²) in [7, 11) is 0. The van der Waals surface area contributed by atoms with Crippen LogP contribution in [0.5, 0.6) is 17.2 Å². The summed E-state index contributed by atoms with van der Waals surface area (Å²) < 4.78 is 26.5. The molecule has 0 aliphatic carbocycles. The fourth-order valence-electron chi connectivity index (χ4n) is 1.64. The van der Waals surface area contributed by atoms with Gasteiger partial charge in [0.1, 0.15) is 5.75 Å². The molecule has 0 heterocycles. The van der Waals surface area contributed by atoms with Crippen LogP contribution in [-0.2, 0) is 0 Å². The van der Waals surface area contributed by atoms with Crippen LogP contribution < -0.4 is 15.2 Å². The van der Waals surface area contributed by atoms with Crippen LogP contribution in [0.2, 0.25) is 0 Å². The third-order valence-corrected chi connectivity index (χ3v) is 3.75. The Morgan fingerprint density at radius 3 is 2.52 bits per heavy atom. The Morgan fingerprint density at radius 1 is 1.10 bits per heavy atom. The highest BCUT2D eigenvalue weighted by Gasteiger charge is 2.12. The summed E-state index contributed by atoms with van der Waals surface area (Å²) in [5, 5.41) is 0. The minimum Gasteiger partial charge on any atom is -0.490 e. The molecule has 0 aromatic heterocycles. The maximum atomic E-state index is 13.7. The van der Waals surface area contributed by atoms with Crippen LogP contribution in [-0.4, -0.2) is 6.61 Å². The molecular formula is C15H14Br2FNO2. The molecule has 0 amide bonds. The lowest BCUT2D eigenvalue weighted by atomic mass is 10.2. The first-order valence-corrected chi connectivity index (χ1v) is 7.94. The Morgan fingerprint density at radius 2 is 1.86 bits per heavy atom. The Balaban J connectivity index is 2.30. The largest absolute Gasteiger partial charge is 0.490 e. The molecule has 0 atom stereocenters. The van der Waals surface area contributed by atoms with Gasteiger partial charge >= 0.3 is 0 Å². The maximum absolute atomic E-state index is 13.7. The lowest BCUT2D eigenvalue weighted by molar-refractivity contribution is 0.299. The van der Waals surface area contributed by atoms with Gasteiger partial charge in [0.25, 0.3) is 0 Å². The van der Waals surface area contributed by atoms with Crippen molar-refractivity contribution in [2.75, 3.05) is 12.3 Å². The average molecular weight is 419 g/mol. The monoisotopic (exact) mass is 417 g/mol. The third-order valence-electron chi connectivity index (χ3n) is 2.64. The molecular weight excluding hydrogens is 405 g/mol. The van der Waals surface area contributed by atoms with Crippen molar-refractivity contribution in [1.82, 2.24) is 0 Å². The Kier molecular flexibility index (Phi) is 5.47. The molecule has 2 N–H and O–H groups in total. The van der Waals surface area contributed by atoms with Crippen molar-refractivity contribution in [2.24, 2.45) is 0 Å². The van der Waals surface area contributed by atoms with Crippen LogP contribution in [0.3, 0.4) is 0 Å². The molecule has 0 saturated carbocycles. The zero-order valence-corrected chi connectivity index (χ0v) is 14.5. The van der Waals surface area contributed by atoms with Crippen LogP contribution in [0, 0.1) is 5.82 Å². The SMILES string of the molecule is CCCOc1cc(Oc2ccc(Br)cc2Br)c(N)cc1F. The zero-order valence-electron chi connectivity index (χ0n) is 11.3. The van der Waals surface area contributed by atoms with E-state index in [-0.39, 0.29) is 11.4 Å². The molecule has 0 bridgehead atoms. The maximum Gasteiger partial charge on any atom is 0.167 e. The Hall–Kier alpha value is -1.27. The minimum atomic E-state index is -0.497. The highest BCUT2D eigenvalue weighted by Crippen LogP contribution is 2.37. The van der Waals surface area contributed by atoms with E-state index in [9.17, 15) is 4.39 Å². The molecule has 0 fully saturated rings. The first-order valence-electron chi connectivity index (χ1n) is 6.36. The molecule has 2 aromatic rings. The number of rotatable bonds is 5. The lowest BCUT2D eigenvalue weighted by Gasteiger charge is -2.13. The van der Waals surface area contributed by atoms with Gasteiger partial charge < -0.3 is 15.2 Å². The third kappa shape index (κ3) is 4.11. The second kappa shape index (κ2) is 7.13. The van der Waals surface area contributed by atoms with E-state index in [1.165, 1.54) is 12.1 Å². The summed E-state index contributed by atoms with van der Waals surface area (Å²) in [4.78, 5) is 0. The van der Waals surface area contributed by atoms with Crippen molar-refractivity contribution in [3.05, 3.63) is 45.1 Å². The van der Waals surface area contributed by atoms with Gasteiger partial charge in [-0.25, -0.2) is 4.39 Å². The van der Waals surface area contributed by atoms with Crippen molar-refractivity contribution in [3.8, 4) is 17.2 Å². The van der Waals surface area contributed by atoms with E-state index in [1.54, 1.807) is 6.07 Å². The molecule has 6 heteroatoms. The summed E-state index contributed by atoms with van der Waals surface area (Å²) in [6, 6.07) is 8.14. The van der Waals surface area contributed by atoms with Crippen molar-refractivity contribution in [3.63, 3.8) is 0 Å². The molecule has 2 aromatic carbocycles. The predicted molar refractivity (Wildman–Crippen MR) is 88.5 cm³/mol. The lowest BCUT2D eigenvalue weighted by Crippen LogP contribution is -2.00. The van der Waals surface area contributed by atoms with Gasteiger partial charge in [0.2, 0.25) is 0 Å². The molecule has 3 nitrogen and oxygen atoms in total. The standard InChI is InChI=1S/C15H14Br2FNO2/c1-2-5-20-14-8-15(12(19)7-11(14)18)21-13-4-3-9(16)6-10(13)17/h3-4,6-8H,2,5,19H2,1H3. The van der Waals surface area contributed by atoms with Gasteiger partial charge in [-0.05, 0) is 40.5 Å². The van der Waals surface area contributed by atoms with Gasteiger partial charge in [0.05, 0.1) is 16.8 Å². The smallest absolute Gasteiger partial charge is 0.167 e. The van der Waals surface area contributed by atoms with Crippen LogP contribution >= 0.6 is 31.9 Å². The van der Waals surface area contributed by atoms with E-state index in [0.717, 1.165) is 15.4 Å². The molecule has 0 aliphatic heterocycles. The van der Waals surface area contributed by atoms with Gasteiger partial charge in [-0.3, -0.25) is 0 Å². The number of halogens is 3. The first kappa shape index (κ1) is 16.1. The molecule has 0 aliphatic rings. The van der Waals surface area contributed by atoms with E-state index >= 15 is 0 Å². The van der Waals surface area contributed by atoms with Gasteiger partial charge in [-0.15, -0.1) is 0 Å². The van der Waals surface area contributed by atoms with E-state index < -0.39 is 5.82 Å². The fraction of sp³-hybridized carbons (Fsp3) is 0.200. The topological polar surface area (TPSA) is 44.5 Å². The van der Waals surface area contributed by atoms with Gasteiger partial charge in [0, 0.05) is 16.6 Å². The Labute approximate surface area is 139 Å². The van der Waals surface area contributed by atoms with Crippen LogP contribution in [0.1, 0.15) is 13.3 Å². The summed E-state index contributed by atoms with van der Waals surface area (Å²) in [5.41, 5.74) is 6.02. The highest BCUT2D eigenvalue weighted by molar-refractivity contribution is 9.11. The number of nitrogen functional groups attached to an aromatic ring is 1. The molecule has 0 saturated heterocycles. The number of benzene rings is 2. The van der Waals surface area contributed by atoms with E-state index in [2.05, 4.69) is 31.9 Å². The number of ether oxygens (including phenoxy) is 2. The van der Waals surface area contributed by atoms with Crippen LogP contribution in [0.15, 0.2) is 39.3 Å². The highest BCUT2D eigenvalue weighted by atomic mass is 79.9. The second-order valence-electron chi connectivity index (χ2n) is 4.35. The summed E-state index contributed by atoms with van der Waals surface area (Å²) in [6.45, 7) is 2.38.